The lowest BCUT2D eigenvalue weighted by Crippen LogP contribution is -2.31. The van der Waals surface area contributed by atoms with Crippen LogP contribution < -0.4 is 5.32 Å². The number of rotatable bonds is 3. The van der Waals surface area contributed by atoms with Crippen LogP contribution in [0.2, 0.25) is 0 Å². The summed E-state index contributed by atoms with van der Waals surface area (Å²) in [5, 5.41) is 13.3. The summed E-state index contributed by atoms with van der Waals surface area (Å²) >= 11 is 0. The van der Waals surface area contributed by atoms with Gasteiger partial charge in [0.2, 0.25) is 0 Å². The first-order valence-electron chi connectivity index (χ1n) is 5.32. The monoisotopic (exact) mass is 207 g/mol. The van der Waals surface area contributed by atoms with Gasteiger partial charge in [-0.05, 0) is 44.5 Å². The standard InChI is InChI=1S/C12H17NO2/c1-10(7-11-3-2-6-15-11)8-12(14)4-5-13-9-12/h2-3,6-7,13-14H,4-5,8-9H2,1H3/b10-7+. The van der Waals surface area contributed by atoms with Gasteiger partial charge in [0.05, 0.1) is 11.9 Å². The summed E-state index contributed by atoms with van der Waals surface area (Å²) in [6, 6.07) is 3.78. The van der Waals surface area contributed by atoms with E-state index in [1.165, 1.54) is 0 Å². The van der Waals surface area contributed by atoms with Gasteiger partial charge in [-0.3, -0.25) is 0 Å². The fourth-order valence-electron chi connectivity index (χ4n) is 2.07. The Hall–Kier alpha value is -1.06. The molecule has 1 unspecified atom stereocenters. The molecule has 3 nitrogen and oxygen atoms in total. The van der Waals surface area contributed by atoms with E-state index in [0.717, 1.165) is 24.3 Å². The highest BCUT2D eigenvalue weighted by atomic mass is 16.3. The molecule has 1 aromatic heterocycles. The van der Waals surface area contributed by atoms with Gasteiger partial charge in [-0.1, -0.05) is 5.57 Å². The molecule has 0 aromatic carbocycles. The molecule has 0 aliphatic carbocycles. The van der Waals surface area contributed by atoms with Crippen LogP contribution in [0.4, 0.5) is 0 Å². The zero-order chi connectivity index (χ0) is 10.7. The molecule has 0 amide bonds. The third-order valence-electron chi connectivity index (χ3n) is 2.76. The summed E-state index contributed by atoms with van der Waals surface area (Å²) in [6.45, 7) is 3.62. The Labute approximate surface area is 89.8 Å². The molecule has 1 saturated heterocycles. The van der Waals surface area contributed by atoms with E-state index in [0.29, 0.717) is 13.0 Å². The van der Waals surface area contributed by atoms with Crippen molar-refractivity contribution >= 4 is 6.08 Å². The smallest absolute Gasteiger partial charge is 0.126 e. The highest BCUT2D eigenvalue weighted by Crippen LogP contribution is 2.24. The van der Waals surface area contributed by atoms with Crippen molar-refractivity contribution in [1.82, 2.24) is 5.32 Å². The lowest BCUT2D eigenvalue weighted by Gasteiger charge is -2.21. The number of furan rings is 1. The van der Waals surface area contributed by atoms with Crippen molar-refractivity contribution in [3.63, 3.8) is 0 Å². The Morgan fingerprint density at radius 1 is 1.73 bits per heavy atom. The van der Waals surface area contributed by atoms with Crippen LogP contribution in [-0.2, 0) is 0 Å². The summed E-state index contributed by atoms with van der Waals surface area (Å²) in [4.78, 5) is 0. The molecular formula is C12H17NO2. The predicted molar refractivity (Wildman–Crippen MR) is 59.4 cm³/mol. The van der Waals surface area contributed by atoms with Crippen molar-refractivity contribution in [2.75, 3.05) is 13.1 Å². The average Bonchev–Trinajstić information content (AvgIpc) is 2.76. The highest BCUT2D eigenvalue weighted by molar-refractivity contribution is 5.46. The molecular weight excluding hydrogens is 190 g/mol. The van der Waals surface area contributed by atoms with E-state index in [9.17, 15) is 5.11 Å². The molecule has 0 radical (unpaired) electrons. The molecule has 82 valence electrons. The first-order valence-corrected chi connectivity index (χ1v) is 5.32. The van der Waals surface area contributed by atoms with E-state index in [-0.39, 0.29) is 0 Å². The maximum absolute atomic E-state index is 10.2. The van der Waals surface area contributed by atoms with Gasteiger partial charge in [-0.2, -0.15) is 0 Å². The number of hydrogen-bond acceptors (Lipinski definition) is 3. The number of aliphatic hydroxyl groups is 1. The largest absolute Gasteiger partial charge is 0.465 e. The Balaban J connectivity index is 2.00. The lowest BCUT2D eigenvalue weighted by atomic mass is 9.94. The second kappa shape index (κ2) is 4.21. The SMILES string of the molecule is C/C(=C\c1ccco1)CC1(O)CCNC1. The number of nitrogens with one attached hydrogen (secondary N) is 1. The van der Waals surface area contributed by atoms with Gasteiger partial charge in [0.1, 0.15) is 5.76 Å². The van der Waals surface area contributed by atoms with Crippen LogP contribution in [0.25, 0.3) is 6.08 Å². The first kappa shape index (κ1) is 10.5. The topological polar surface area (TPSA) is 45.4 Å². The Morgan fingerprint density at radius 3 is 3.20 bits per heavy atom. The maximum atomic E-state index is 10.2. The molecule has 1 fully saturated rings. The minimum atomic E-state index is -0.562. The second-order valence-electron chi connectivity index (χ2n) is 4.33. The van der Waals surface area contributed by atoms with Crippen LogP contribution in [0, 0.1) is 0 Å². The van der Waals surface area contributed by atoms with Gasteiger partial charge in [0.25, 0.3) is 0 Å². The van der Waals surface area contributed by atoms with Crippen LogP contribution in [0.15, 0.2) is 28.4 Å². The van der Waals surface area contributed by atoms with Crippen LogP contribution in [0.1, 0.15) is 25.5 Å². The maximum Gasteiger partial charge on any atom is 0.126 e. The van der Waals surface area contributed by atoms with Crippen LogP contribution in [0.5, 0.6) is 0 Å². The highest BCUT2D eigenvalue weighted by Gasteiger charge is 2.30. The van der Waals surface area contributed by atoms with Gasteiger partial charge >= 0.3 is 0 Å². The summed E-state index contributed by atoms with van der Waals surface area (Å²) < 4.78 is 5.23. The van der Waals surface area contributed by atoms with Gasteiger partial charge in [-0.15, -0.1) is 0 Å². The Kier molecular flexibility index (Phi) is 2.93. The molecule has 0 bridgehead atoms. The zero-order valence-electron chi connectivity index (χ0n) is 8.99. The first-order chi connectivity index (χ1) is 7.18. The Morgan fingerprint density at radius 2 is 2.60 bits per heavy atom. The third kappa shape index (κ3) is 2.70. The minimum absolute atomic E-state index is 0.562. The van der Waals surface area contributed by atoms with Gasteiger partial charge in [-0.25, -0.2) is 0 Å². The van der Waals surface area contributed by atoms with Gasteiger partial charge in [0, 0.05) is 6.54 Å². The molecule has 1 atom stereocenters. The average molecular weight is 207 g/mol. The quantitative estimate of drug-likeness (QED) is 0.794. The number of hydrogen-bond donors (Lipinski definition) is 2. The molecule has 3 heteroatoms. The van der Waals surface area contributed by atoms with Crippen molar-refractivity contribution in [2.24, 2.45) is 0 Å². The van der Waals surface area contributed by atoms with Crippen LogP contribution in [0.3, 0.4) is 0 Å². The van der Waals surface area contributed by atoms with Crippen molar-refractivity contribution < 1.29 is 9.52 Å². The fraction of sp³-hybridized carbons (Fsp3) is 0.500. The lowest BCUT2D eigenvalue weighted by molar-refractivity contribution is 0.0621. The van der Waals surface area contributed by atoms with Crippen molar-refractivity contribution in [1.29, 1.82) is 0 Å². The predicted octanol–water partition coefficient (Wildman–Crippen LogP) is 1.80. The van der Waals surface area contributed by atoms with E-state index < -0.39 is 5.60 Å². The molecule has 0 spiro atoms. The third-order valence-corrected chi connectivity index (χ3v) is 2.76. The van der Waals surface area contributed by atoms with Crippen molar-refractivity contribution in [3.05, 3.63) is 29.7 Å². The molecule has 1 aliphatic heterocycles. The van der Waals surface area contributed by atoms with Crippen molar-refractivity contribution in [2.45, 2.75) is 25.4 Å². The van der Waals surface area contributed by atoms with Crippen molar-refractivity contribution in [3.8, 4) is 0 Å². The molecule has 1 aliphatic rings. The van der Waals surface area contributed by atoms with Gasteiger partial charge in [0.15, 0.2) is 0 Å². The summed E-state index contributed by atoms with van der Waals surface area (Å²) in [5.41, 5.74) is 0.587. The molecule has 15 heavy (non-hydrogen) atoms. The van der Waals surface area contributed by atoms with Gasteiger partial charge < -0.3 is 14.8 Å². The van der Waals surface area contributed by atoms with E-state index in [2.05, 4.69) is 5.32 Å². The van der Waals surface area contributed by atoms with E-state index in [4.69, 9.17) is 4.42 Å². The fourth-order valence-corrected chi connectivity index (χ4v) is 2.07. The molecule has 2 N–H and O–H groups in total. The molecule has 0 saturated carbocycles. The normalized spacial score (nSPS) is 27.2. The summed E-state index contributed by atoms with van der Waals surface area (Å²) in [6.07, 6.45) is 5.18. The molecule has 2 heterocycles. The Bertz CT molecular complexity index is 335. The minimum Gasteiger partial charge on any atom is -0.465 e. The van der Waals surface area contributed by atoms with Crippen LogP contribution in [-0.4, -0.2) is 23.8 Å². The van der Waals surface area contributed by atoms with E-state index in [1.807, 2.05) is 25.1 Å². The van der Waals surface area contributed by atoms with Crippen LogP contribution >= 0.6 is 0 Å². The molecule has 1 aromatic rings. The zero-order valence-corrected chi connectivity index (χ0v) is 8.99. The second-order valence-corrected chi connectivity index (χ2v) is 4.33. The van der Waals surface area contributed by atoms with E-state index >= 15 is 0 Å². The van der Waals surface area contributed by atoms with E-state index in [1.54, 1.807) is 6.26 Å². The summed E-state index contributed by atoms with van der Waals surface area (Å²) in [7, 11) is 0. The summed E-state index contributed by atoms with van der Waals surface area (Å²) in [5.74, 6) is 0.849. The molecule has 2 rings (SSSR count). The number of β-amino-alcohol motifs (C(OH)–C–C–N with tert-alkyl or cyclic N) is 1.